The highest BCUT2D eigenvalue weighted by molar-refractivity contribution is 8.00. The van der Waals surface area contributed by atoms with Gasteiger partial charge in [0.15, 0.2) is 5.82 Å². The third-order valence-electron chi connectivity index (χ3n) is 5.44. The van der Waals surface area contributed by atoms with Crippen LogP contribution < -0.4 is 10.7 Å². The molecule has 2 atom stereocenters. The van der Waals surface area contributed by atoms with Crippen molar-refractivity contribution in [2.24, 2.45) is 0 Å². The van der Waals surface area contributed by atoms with Gasteiger partial charge >= 0.3 is 0 Å². The number of benzene rings is 2. The number of carbonyl (C=O) groups excluding carboxylic acids is 1. The summed E-state index contributed by atoms with van der Waals surface area (Å²) in [5.74, 6) is 0.781. The van der Waals surface area contributed by atoms with E-state index in [1.165, 1.54) is 17.3 Å². The molecule has 1 aliphatic heterocycles. The lowest BCUT2D eigenvalue weighted by Gasteiger charge is -2.33. The van der Waals surface area contributed by atoms with E-state index in [1.54, 1.807) is 6.07 Å². The first-order valence-electron chi connectivity index (χ1n) is 10.5. The molecule has 0 bridgehead atoms. The fourth-order valence-corrected chi connectivity index (χ4v) is 4.90. The molecule has 0 spiro atoms. The van der Waals surface area contributed by atoms with Crippen LogP contribution in [0.2, 0.25) is 5.02 Å². The van der Waals surface area contributed by atoms with Crippen LogP contribution >= 0.6 is 23.4 Å². The van der Waals surface area contributed by atoms with Crippen LogP contribution in [0.15, 0.2) is 47.6 Å². The monoisotopic (exact) mass is 455 g/mol. The predicted octanol–water partition coefficient (Wildman–Crippen LogP) is 5.15. The van der Waals surface area contributed by atoms with E-state index in [1.807, 2.05) is 23.7 Å². The third-order valence-corrected chi connectivity index (χ3v) is 6.89. The number of rotatable bonds is 6. The maximum Gasteiger partial charge on any atom is 0.240 e. The molecule has 0 radical (unpaired) electrons. The Balaban J connectivity index is 1.67. The number of fused-ring (bicyclic) bond motifs is 1. The van der Waals surface area contributed by atoms with Gasteiger partial charge in [0.25, 0.3) is 0 Å². The fraction of sp³-hybridized carbons (Fsp3) is 0.348. The average Bonchev–Trinajstić information content (AvgIpc) is 3.17. The van der Waals surface area contributed by atoms with Gasteiger partial charge in [-0.1, -0.05) is 67.5 Å². The minimum absolute atomic E-state index is 0.0984. The molecule has 1 amide bonds. The van der Waals surface area contributed by atoms with E-state index < -0.39 is 5.25 Å². The fourth-order valence-electron chi connectivity index (χ4n) is 3.63. The van der Waals surface area contributed by atoms with Crippen LogP contribution in [0.3, 0.4) is 0 Å². The lowest BCUT2D eigenvalue weighted by atomic mass is 10.0. The van der Waals surface area contributed by atoms with Gasteiger partial charge in [-0.3, -0.25) is 4.79 Å². The molecule has 31 heavy (non-hydrogen) atoms. The van der Waals surface area contributed by atoms with Crippen LogP contribution in [-0.2, 0) is 17.6 Å². The summed E-state index contributed by atoms with van der Waals surface area (Å²) in [6.45, 7) is 6.20. The van der Waals surface area contributed by atoms with E-state index in [0.717, 1.165) is 41.9 Å². The summed E-state index contributed by atoms with van der Waals surface area (Å²) >= 11 is 7.58. The molecule has 0 saturated carbocycles. The summed E-state index contributed by atoms with van der Waals surface area (Å²) in [5, 5.41) is 12.6. The Morgan fingerprint density at radius 2 is 1.97 bits per heavy atom. The molecular weight excluding hydrogens is 430 g/mol. The van der Waals surface area contributed by atoms with Crippen molar-refractivity contribution in [2.45, 2.75) is 56.5 Å². The van der Waals surface area contributed by atoms with Crippen LogP contribution in [0.1, 0.15) is 48.8 Å². The highest BCUT2D eigenvalue weighted by atomic mass is 35.5. The standard InChI is InChI=1S/C23H26ClN5OS/c1-4-6-19-26-27-23-29(19)28-20(16-10-8-15(5-2)9-11-16)21(31-23)22(30)25-18-13-17(24)12-7-14(18)3/h7-13,20-21,28H,4-6H2,1-3H3,(H,25,30). The Morgan fingerprint density at radius 3 is 2.68 bits per heavy atom. The number of halogens is 1. The Bertz CT molecular complexity index is 1080. The van der Waals surface area contributed by atoms with E-state index in [0.29, 0.717) is 10.2 Å². The molecule has 4 rings (SSSR count). The molecule has 1 aliphatic rings. The molecule has 0 saturated heterocycles. The second-order valence-electron chi connectivity index (χ2n) is 7.67. The van der Waals surface area contributed by atoms with Crippen molar-refractivity contribution in [3.8, 4) is 0 Å². The minimum atomic E-state index is -0.419. The molecule has 2 N–H and O–H groups in total. The first-order chi connectivity index (χ1) is 15.0. The van der Waals surface area contributed by atoms with Gasteiger partial charge in [-0.25, -0.2) is 4.68 Å². The number of anilines is 1. The summed E-state index contributed by atoms with van der Waals surface area (Å²) in [5.41, 5.74) is 7.51. The van der Waals surface area contributed by atoms with E-state index in [9.17, 15) is 4.79 Å². The smallest absolute Gasteiger partial charge is 0.240 e. The number of nitrogens with zero attached hydrogens (tertiary/aromatic N) is 3. The molecule has 0 fully saturated rings. The Labute approximate surface area is 191 Å². The first-order valence-corrected chi connectivity index (χ1v) is 11.8. The van der Waals surface area contributed by atoms with Crippen molar-refractivity contribution in [3.63, 3.8) is 0 Å². The number of aromatic nitrogens is 3. The van der Waals surface area contributed by atoms with Crippen LogP contribution in [0, 0.1) is 6.92 Å². The maximum atomic E-state index is 13.4. The number of hydrogen-bond acceptors (Lipinski definition) is 5. The van der Waals surface area contributed by atoms with Crippen LogP contribution in [-0.4, -0.2) is 26.0 Å². The highest BCUT2D eigenvalue weighted by Crippen LogP contribution is 2.38. The second-order valence-corrected chi connectivity index (χ2v) is 9.22. The lowest BCUT2D eigenvalue weighted by Crippen LogP contribution is -2.41. The normalized spacial score (nSPS) is 17.7. The summed E-state index contributed by atoms with van der Waals surface area (Å²) in [7, 11) is 0. The van der Waals surface area contributed by atoms with Gasteiger partial charge in [-0.05, 0) is 48.6 Å². The molecular formula is C23H26ClN5OS. The molecule has 162 valence electrons. The summed E-state index contributed by atoms with van der Waals surface area (Å²) in [6.07, 6.45) is 2.76. The van der Waals surface area contributed by atoms with Gasteiger partial charge in [0, 0.05) is 17.1 Å². The van der Waals surface area contributed by atoms with Gasteiger partial charge in [0.2, 0.25) is 11.1 Å². The van der Waals surface area contributed by atoms with E-state index in [2.05, 4.69) is 59.1 Å². The molecule has 3 aromatic rings. The van der Waals surface area contributed by atoms with Crippen molar-refractivity contribution in [1.82, 2.24) is 14.9 Å². The van der Waals surface area contributed by atoms with Gasteiger partial charge in [0.1, 0.15) is 5.25 Å². The number of hydrogen-bond donors (Lipinski definition) is 2. The first kappa shape index (κ1) is 21.7. The van der Waals surface area contributed by atoms with Gasteiger partial charge in [0.05, 0.1) is 6.04 Å². The number of thioether (sulfide) groups is 1. The second kappa shape index (κ2) is 9.32. The maximum absolute atomic E-state index is 13.4. The van der Waals surface area contributed by atoms with E-state index in [4.69, 9.17) is 11.6 Å². The van der Waals surface area contributed by atoms with E-state index in [-0.39, 0.29) is 11.9 Å². The third kappa shape index (κ3) is 4.57. The van der Waals surface area contributed by atoms with Crippen molar-refractivity contribution in [2.75, 3.05) is 10.7 Å². The zero-order valence-electron chi connectivity index (χ0n) is 17.9. The molecule has 1 aromatic heterocycles. The molecule has 0 aliphatic carbocycles. The lowest BCUT2D eigenvalue weighted by molar-refractivity contribution is -0.116. The van der Waals surface area contributed by atoms with Crippen molar-refractivity contribution < 1.29 is 4.79 Å². The topological polar surface area (TPSA) is 71.8 Å². The zero-order valence-corrected chi connectivity index (χ0v) is 19.4. The zero-order chi connectivity index (χ0) is 22.0. The van der Waals surface area contributed by atoms with Crippen LogP contribution in [0.4, 0.5) is 5.69 Å². The van der Waals surface area contributed by atoms with Crippen molar-refractivity contribution >= 4 is 35.0 Å². The van der Waals surface area contributed by atoms with Crippen LogP contribution in [0.5, 0.6) is 0 Å². The van der Waals surface area contributed by atoms with Gasteiger partial charge < -0.3 is 10.7 Å². The SMILES string of the molecule is CCCc1nnc2n1NC(c1ccc(CC)cc1)C(C(=O)Nc1cc(Cl)ccc1C)S2. The number of nitrogens with one attached hydrogen (secondary N) is 2. The Kier molecular flexibility index (Phi) is 6.53. The van der Waals surface area contributed by atoms with Crippen molar-refractivity contribution in [1.29, 1.82) is 0 Å². The van der Waals surface area contributed by atoms with Gasteiger partial charge in [-0.15, -0.1) is 10.2 Å². The molecule has 2 heterocycles. The summed E-state index contributed by atoms with van der Waals surface area (Å²) in [4.78, 5) is 13.4. The molecule has 6 nitrogen and oxygen atoms in total. The Hall–Kier alpha value is -2.51. The number of amides is 1. The summed E-state index contributed by atoms with van der Waals surface area (Å²) in [6, 6.07) is 13.7. The van der Waals surface area contributed by atoms with E-state index >= 15 is 0 Å². The quantitative estimate of drug-likeness (QED) is 0.537. The number of aryl methyl sites for hydroxylation is 3. The molecule has 2 aromatic carbocycles. The average molecular weight is 456 g/mol. The predicted molar refractivity (Wildman–Crippen MR) is 126 cm³/mol. The highest BCUT2D eigenvalue weighted by Gasteiger charge is 2.37. The van der Waals surface area contributed by atoms with Gasteiger partial charge in [-0.2, -0.15) is 0 Å². The number of carbonyl (C=O) groups is 1. The minimum Gasteiger partial charge on any atom is -0.325 e. The Morgan fingerprint density at radius 1 is 1.19 bits per heavy atom. The largest absolute Gasteiger partial charge is 0.325 e. The molecule has 2 unspecified atom stereocenters. The molecule has 8 heteroatoms. The van der Waals surface area contributed by atoms with Crippen LogP contribution in [0.25, 0.3) is 0 Å². The van der Waals surface area contributed by atoms with Crippen molar-refractivity contribution in [3.05, 3.63) is 70.0 Å². The summed E-state index contributed by atoms with van der Waals surface area (Å²) < 4.78 is 1.93.